The molecule has 1 heterocycles. The Hall–Kier alpha value is -2.41. The number of carbonyl (C=O) groups is 1. The summed E-state index contributed by atoms with van der Waals surface area (Å²) in [6, 6.07) is 7.82. The normalized spacial score (nSPS) is 13.7. The monoisotopic (exact) mass is 427 g/mol. The molecule has 1 aliphatic carbocycles. The molecule has 0 fully saturated rings. The van der Waals surface area contributed by atoms with E-state index < -0.39 is 0 Å². The molecule has 30 heavy (non-hydrogen) atoms. The maximum absolute atomic E-state index is 12.2. The van der Waals surface area contributed by atoms with Crippen molar-refractivity contribution in [3.05, 3.63) is 51.0 Å². The van der Waals surface area contributed by atoms with Crippen molar-refractivity contribution in [2.75, 3.05) is 34.2 Å². The number of aromatic nitrogens is 1. The Kier molecular flexibility index (Phi) is 7.85. The first-order valence-electron chi connectivity index (χ1n) is 10.8. The Morgan fingerprint density at radius 2 is 2.03 bits per heavy atom. The zero-order chi connectivity index (χ0) is 21.5. The molecule has 1 aliphatic rings. The minimum atomic E-state index is 0.0274. The van der Waals surface area contributed by atoms with Crippen LogP contribution >= 0.6 is 11.3 Å². The topological polar surface area (TPSA) is 60.8 Å². The summed E-state index contributed by atoms with van der Waals surface area (Å²) in [5.41, 5.74) is 3.15. The van der Waals surface area contributed by atoms with Crippen molar-refractivity contribution < 1.29 is 4.79 Å². The lowest BCUT2D eigenvalue weighted by Gasteiger charge is -2.21. The third kappa shape index (κ3) is 5.81. The van der Waals surface area contributed by atoms with E-state index in [1.807, 2.05) is 29.5 Å². The van der Waals surface area contributed by atoms with E-state index in [0.29, 0.717) is 6.54 Å². The number of guanidine groups is 1. The summed E-state index contributed by atoms with van der Waals surface area (Å²) in [5, 5.41) is 4.56. The average molecular weight is 428 g/mol. The van der Waals surface area contributed by atoms with E-state index >= 15 is 0 Å². The van der Waals surface area contributed by atoms with Gasteiger partial charge in [-0.25, -0.2) is 4.98 Å². The Morgan fingerprint density at radius 1 is 1.23 bits per heavy atom. The molecule has 162 valence electrons. The van der Waals surface area contributed by atoms with Crippen LogP contribution in [0, 0.1) is 0 Å². The van der Waals surface area contributed by atoms with Gasteiger partial charge in [-0.1, -0.05) is 12.1 Å². The minimum Gasteiger partial charge on any atom is -0.357 e. The molecule has 3 rings (SSSR count). The highest BCUT2D eigenvalue weighted by atomic mass is 32.1. The van der Waals surface area contributed by atoms with E-state index in [0.717, 1.165) is 43.0 Å². The smallest absolute Gasteiger partial charge is 0.253 e. The number of thiazole rings is 1. The van der Waals surface area contributed by atoms with E-state index in [1.54, 1.807) is 19.0 Å². The molecule has 0 radical (unpaired) electrons. The number of aryl methyl sites for hydroxylation is 2. The van der Waals surface area contributed by atoms with Gasteiger partial charge < -0.3 is 15.1 Å². The van der Waals surface area contributed by atoms with Gasteiger partial charge in [-0.05, 0) is 56.7 Å². The van der Waals surface area contributed by atoms with Gasteiger partial charge in [-0.15, -0.1) is 11.3 Å². The molecule has 0 atom stereocenters. The number of nitrogens with one attached hydrogen (secondary N) is 1. The fraction of sp³-hybridized carbons (Fsp3) is 0.522. The molecule has 0 saturated heterocycles. The van der Waals surface area contributed by atoms with Crippen LogP contribution in [0.2, 0.25) is 0 Å². The fourth-order valence-electron chi connectivity index (χ4n) is 3.63. The van der Waals surface area contributed by atoms with Crippen LogP contribution in [0.3, 0.4) is 0 Å². The summed E-state index contributed by atoms with van der Waals surface area (Å²) in [6.07, 6.45) is 5.65. The molecule has 7 heteroatoms. The number of benzene rings is 1. The third-order valence-electron chi connectivity index (χ3n) is 5.20. The predicted octanol–water partition coefficient (Wildman–Crippen LogP) is 3.36. The highest BCUT2D eigenvalue weighted by Crippen LogP contribution is 2.27. The van der Waals surface area contributed by atoms with Crippen LogP contribution in [-0.2, 0) is 25.8 Å². The summed E-state index contributed by atoms with van der Waals surface area (Å²) in [6.45, 7) is 4.35. The first kappa shape index (κ1) is 22.3. The maximum Gasteiger partial charge on any atom is 0.253 e. The summed E-state index contributed by atoms with van der Waals surface area (Å²) < 4.78 is 0. The number of nitrogens with zero attached hydrogens (tertiary/aromatic N) is 4. The maximum atomic E-state index is 12.2. The van der Waals surface area contributed by atoms with Crippen LogP contribution in [0.1, 0.15) is 51.3 Å². The van der Waals surface area contributed by atoms with E-state index in [9.17, 15) is 4.79 Å². The van der Waals surface area contributed by atoms with Gasteiger partial charge in [0.1, 0.15) is 5.01 Å². The molecule has 0 unspecified atom stereocenters. The van der Waals surface area contributed by atoms with Crippen LogP contribution in [0.25, 0.3) is 0 Å². The van der Waals surface area contributed by atoms with Gasteiger partial charge in [0, 0.05) is 44.7 Å². The van der Waals surface area contributed by atoms with Gasteiger partial charge in [-0.3, -0.25) is 9.79 Å². The quantitative estimate of drug-likeness (QED) is 0.544. The SMILES string of the molecule is CCNC(=NCCc1cccc(C(=O)N(C)C)c1)N(C)Cc1nc2c(s1)CCCC2. The van der Waals surface area contributed by atoms with Crippen LogP contribution in [-0.4, -0.2) is 60.9 Å². The molecule has 0 spiro atoms. The van der Waals surface area contributed by atoms with Gasteiger partial charge in [0.2, 0.25) is 0 Å². The lowest BCUT2D eigenvalue weighted by Crippen LogP contribution is -2.38. The minimum absolute atomic E-state index is 0.0274. The van der Waals surface area contributed by atoms with E-state index in [4.69, 9.17) is 9.98 Å². The highest BCUT2D eigenvalue weighted by Gasteiger charge is 2.17. The van der Waals surface area contributed by atoms with Crippen LogP contribution < -0.4 is 5.32 Å². The second-order valence-electron chi connectivity index (χ2n) is 7.93. The number of rotatable bonds is 7. The second kappa shape index (κ2) is 10.6. The standard InChI is InChI=1S/C23H33N5OS/c1-5-24-23(28(4)16-21-26-19-11-6-7-12-20(19)30-21)25-14-13-17-9-8-10-18(15-17)22(29)27(2)3/h8-10,15H,5-7,11-14,16H2,1-4H3,(H,24,25). The Balaban J connectivity index is 1.62. The summed E-state index contributed by atoms with van der Waals surface area (Å²) in [4.78, 5) is 27.1. The predicted molar refractivity (Wildman–Crippen MR) is 124 cm³/mol. The zero-order valence-corrected chi connectivity index (χ0v) is 19.4. The number of fused-ring (bicyclic) bond motifs is 1. The molecular weight excluding hydrogens is 394 g/mol. The highest BCUT2D eigenvalue weighted by molar-refractivity contribution is 7.11. The van der Waals surface area contributed by atoms with Gasteiger partial charge >= 0.3 is 0 Å². The molecule has 1 amide bonds. The molecule has 6 nitrogen and oxygen atoms in total. The first-order chi connectivity index (χ1) is 14.5. The van der Waals surface area contributed by atoms with Crippen molar-refractivity contribution in [3.8, 4) is 0 Å². The van der Waals surface area contributed by atoms with Gasteiger partial charge in [0.15, 0.2) is 5.96 Å². The lowest BCUT2D eigenvalue weighted by atomic mass is 10.0. The third-order valence-corrected chi connectivity index (χ3v) is 6.34. The van der Waals surface area contributed by atoms with Gasteiger partial charge in [-0.2, -0.15) is 0 Å². The van der Waals surface area contributed by atoms with Gasteiger partial charge in [0.05, 0.1) is 12.2 Å². The van der Waals surface area contributed by atoms with E-state index in [-0.39, 0.29) is 5.91 Å². The van der Waals surface area contributed by atoms with Crippen molar-refractivity contribution in [2.24, 2.45) is 4.99 Å². The molecule has 1 aromatic heterocycles. The molecule has 0 bridgehead atoms. The van der Waals surface area contributed by atoms with E-state index in [2.05, 4.69) is 30.3 Å². The zero-order valence-electron chi connectivity index (χ0n) is 18.6. The van der Waals surface area contributed by atoms with Crippen LogP contribution in [0.4, 0.5) is 0 Å². The van der Waals surface area contributed by atoms with Crippen LogP contribution in [0.5, 0.6) is 0 Å². The van der Waals surface area contributed by atoms with Crippen molar-refractivity contribution >= 4 is 23.2 Å². The van der Waals surface area contributed by atoms with E-state index in [1.165, 1.54) is 34.8 Å². The molecule has 1 N–H and O–H groups in total. The first-order valence-corrected chi connectivity index (χ1v) is 11.6. The van der Waals surface area contributed by atoms with Crippen molar-refractivity contribution in [3.63, 3.8) is 0 Å². The molecular formula is C23H33N5OS. The number of carbonyl (C=O) groups excluding carboxylic acids is 1. The largest absolute Gasteiger partial charge is 0.357 e. The summed E-state index contributed by atoms with van der Waals surface area (Å²) in [5.74, 6) is 0.922. The number of hydrogen-bond acceptors (Lipinski definition) is 4. The van der Waals surface area contributed by atoms with Crippen molar-refractivity contribution in [1.29, 1.82) is 0 Å². The lowest BCUT2D eigenvalue weighted by molar-refractivity contribution is 0.0827. The Labute approximate surface area is 184 Å². The summed E-state index contributed by atoms with van der Waals surface area (Å²) in [7, 11) is 5.62. The fourth-order valence-corrected chi connectivity index (χ4v) is 4.84. The van der Waals surface area contributed by atoms with Crippen molar-refractivity contribution in [1.82, 2.24) is 20.1 Å². The molecule has 2 aromatic rings. The van der Waals surface area contributed by atoms with Gasteiger partial charge in [0.25, 0.3) is 5.91 Å². The summed E-state index contributed by atoms with van der Waals surface area (Å²) >= 11 is 1.85. The van der Waals surface area contributed by atoms with Crippen LogP contribution in [0.15, 0.2) is 29.3 Å². The Morgan fingerprint density at radius 3 is 2.77 bits per heavy atom. The number of hydrogen-bond donors (Lipinski definition) is 1. The second-order valence-corrected chi connectivity index (χ2v) is 9.09. The number of amides is 1. The molecule has 0 aliphatic heterocycles. The Bertz CT molecular complexity index is 866. The van der Waals surface area contributed by atoms with Crippen molar-refractivity contribution in [2.45, 2.75) is 45.6 Å². The molecule has 0 saturated carbocycles. The molecule has 1 aromatic carbocycles. The number of aliphatic imine (C=N–C) groups is 1. The average Bonchev–Trinajstić information content (AvgIpc) is 3.15.